The highest BCUT2D eigenvalue weighted by atomic mass is 35.5. The van der Waals surface area contributed by atoms with Crippen molar-refractivity contribution in [1.82, 2.24) is 10.2 Å². The van der Waals surface area contributed by atoms with Crippen LogP contribution in [0.5, 0.6) is 5.75 Å². The van der Waals surface area contributed by atoms with Crippen LogP contribution in [0.4, 0.5) is 0 Å². The fourth-order valence-electron chi connectivity index (χ4n) is 1.86. The number of halogens is 1. The molecule has 0 bridgehead atoms. The van der Waals surface area contributed by atoms with Crippen molar-refractivity contribution in [1.29, 1.82) is 0 Å². The number of aryl methyl sites for hydroxylation is 1. The van der Waals surface area contributed by atoms with Crippen LogP contribution in [0.25, 0.3) is 11.3 Å². The average molecular weight is 266 g/mol. The minimum absolute atomic E-state index is 0.447. The molecule has 18 heavy (non-hydrogen) atoms. The van der Waals surface area contributed by atoms with Crippen LogP contribution >= 0.6 is 11.6 Å². The number of rotatable bonds is 4. The Morgan fingerprint density at radius 3 is 2.83 bits per heavy atom. The summed E-state index contributed by atoms with van der Waals surface area (Å²) >= 11 is 6.17. The molecule has 0 saturated carbocycles. The zero-order chi connectivity index (χ0) is 13.1. The molecule has 0 radical (unpaired) electrons. The smallest absolute Gasteiger partial charge is 0.137 e. The summed E-state index contributed by atoms with van der Waals surface area (Å²) in [6, 6.07) is 5.64. The van der Waals surface area contributed by atoms with E-state index in [9.17, 15) is 0 Å². The van der Waals surface area contributed by atoms with E-state index in [4.69, 9.17) is 22.1 Å². The Morgan fingerprint density at radius 2 is 2.22 bits per heavy atom. The van der Waals surface area contributed by atoms with Gasteiger partial charge in [0.1, 0.15) is 5.75 Å². The average Bonchev–Trinajstić information content (AvgIpc) is 2.73. The standard InChI is InChI=1S/C13H16ClN3O/c1-3-18-12-5-4-9(6-11(12)14)13-10(7-15)8(2)16-17-13/h4-6H,3,7,15H2,1-2H3,(H,16,17). The fraction of sp³-hybridized carbons (Fsp3) is 0.308. The minimum Gasteiger partial charge on any atom is -0.492 e. The van der Waals surface area contributed by atoms with Gasteiger partial charge in [-0.2, -0.15) is 5.10 Å². The van der Waals surface area contributed by atoms with Crippen LogP contribution in [-0.4, -0.2) is 16.8 Å². The second-order valence-electron chi connectivity index (χ2n) is 3.96. The van der Waals surface area contributed by atoms with E-state index >= 15 is 0 Å². The predicted octanol–water partition coefficient (Wildman–Crippen LogP) is 2.90. The van der Waals surface area contributed by atoms with Crippen molar-refractivity contribution in [3.8, 4) is 17.0 Å². The number of nitrogens with zero attached hydrogens (tertiary/aromatic N) is 1. The normalized spacial score (nSPS) is 10.7. The van der Waals surface area contributed by atoms with Crippen LogP contribution in [0.15, 0.2) is 18.2 Å². The number of hydrogen-bond acceptors (Lipinski definition) is 3. The quantitative estimate of drug-likeness (QED) is 0.893. The summed E-state index contributed by atoms with van der Waals surface area (Å²) in [4.78, 5) is 0. The van der Waals surface area contributed by atoms with Crippen molar-refractivity contribution in [2.24, 2.45) is 5.73 Å². The molecule has 0 aliphatic heterocycles. The molecule has 0 aliphatic carbocycles. The molecular weight excluding hydrogens is 250 g/mol. The first kappa shape index (κ1) is 12.9. The second-order valence-corrected chi connectivity index (χ2v) is 4.37. The van der Waals surface area contributed by atoms with Crippen LogP contribution in [-0.2, 0) is 6.54 Å². The lowest BCUT2D eigenvalue weighted by atomic mass is 10.1. The molecule has 1 aromatic heterocycles. The molecule has 1 heterocycles. The lowest BCUT2D eigenvalue weighted by Gasteiger charge is -2.07. The van der Waals surface area contributed by atoms with Crippen LogP contribution in [0, 0.1) is 6.92 Å². The zero-order valence-electron chi connectivity index (χ0n) is 10.5. The largest absolute Gasteiger partial charge is 0.492 e. The molecule has 3 N–H and O–H groups in total. The highest BCUT2D eigenvalue weighted by Gasteiger charge is 2.12. The van der Waals surface area contributed by atoms with E-state index in [-0.39, 0.29) is 0 Å². The van der Waals surface area contributed by atoms with Gasteiger partial charge in [-0.3, -0.25) is 5.10 Å². The molecule has 5 heteroatoms. The summed E-state index contributed by atoms with van der Waals surface area (Å²) in [6.45, 7) is 4.92. The number of aromatic nitrogens is 2. The van der Waals surface area contributed by atoms with Crippen LogP contribution in [0.2, 0.25) is 5.02 Å². The molecular formula is C13H16ClN3O. The van der Waals surface area contributed by atoms with Crippen molar-refractivity contribution in [3.63, 3.8) is 0 Å². The fourth-order valence-corrected chi connectivity index (χ4v) is 2.10. The summed E-state index contributed by atoms with van der Waals surface area (Å²) in [7, 11) is 0. The van der Waals surface area contributed by atoms with Gasteiger partial charge in [-0.15, -0.1) is 0 Å². The van der Waals surface area contributed by atoms with Gasteiger partial charge in [-0.05, 0) is 32.0 Å². The number of nitrogens with one attached hydrogen (secondary N) is 1. The molecule has 2 aromatic rings. The Morgan fingerprint density at radius 1 is 1.44 bits per heavy atom. The van der Waals surface area contributed by atoms with Gasteiger partial charge in [0.25, 0.3) is 0 Å². The molecule has 0 aliphatic rings. The van der Waals surface area contributed by atoms with Gasteiger partial charge in [-0.25, -0.2) is 0 Å². The third-order valence-corrected chi connectivity index (χ3v) is 3.08. The van der Waals surface area contributed by atoms with Gasteiger partial charge in [0.15, 0.2) is 0 Å². The van der Waals surface area contributed by atoms with E-state index in [0.717, 1.165) is 22.5 Å². The molecule has 2 rings (SSSR count). The lowest BCUT2D eigenvalue weighted by molar-refractivity contribution is 0.340. The topological polar surface area (TPSA) is 63.9 Å². The van der Waals surface area contributed by atoms with Crippen molar-refractivity contribution in [2.75, 3.05) is 6.61 Å². The highest BCUT2D eigenvalue weighted by Crippen LogP contribution is 2.31. The van der Waals surface area contributed by atoms with Crippen molar-refractivity contribution in [2.45, 2.75) is 20.4 Å². The van der Waals surface area contributed by atoms with E-state index in [1.807, 2.05) is 32.0 Å². The van der Waals surface area contributed by atoms with Crippen LogP contribution in [0.3, 0.4) is 0 Å². The molecule has 0 fully saturated rings. The van der Waals surface area contributed by atoms with E-state index in [2.05, 4.69) is 10.2 Å². The Hall–Kier alpha value is -1.52. The zero-order valence-corrected chi connectivity index (χ0v) is 11.2. The SMILES string of the molecule is CCOc1ccc(-c2n[nH]c(C)c2CN)cc1Cl. The number of benzene rings is 1. The van der Waals surface area contributed by atoms with Crippen molar-refractivity contribution < 1.29 is 4.74 Å². The molecule has 0 saturated heterocycles. The first-order valence-electron chi connectivity index (χ1n) is 5.84. The maximum atomic E-state index is 6.17. The summed E-state index contributed by atoms with van der Waals surface area (Å²) in [6.07, 6.45) is 0. The monoisotopic (exact) mass is 265 g/mol. The van der Waals surface area contributed by atoms with Crippen LogP contribution in [0.1, 0.15) is 18.2 Å². The number of aromatic amines is 1. The van der Waals surface area contributed by atoms with Crippen molar-refractivity contribution >= 4 is 11.6 Å². The second kappa shape index (κ2) is 5.42. The molecule has 4 nitrogen and oxygen atoms in total. The number of hydrogen-bond donors (Lipinski definition) is 2. The Labute approximate surface area is 111 Å². The summed E-state index contributed by atoms with van der Waals surface area (Å²) in [5, 5.41) is 7.79. The van der Waals surface area contributed by atoms with E-state index in [1.165, 1.54) is 0 Å². The predicted molar refractivity (Wildman–Crippen MR) is 72.8 cm³/mol. The molecule has 0 unspecified atom stereocenters. The number of ether oxygens (including phenoxy) is 1. The maximum Gasteiger partial charge on any atom is 0.137 e. The van der Waals surface area contributed by atoms with Crippen LogP contribution < -0.4 is 10.5 Å². The molecule has 1 aromatic carbocycles. The minimum atomic E-state index is 0.447. The molecule has 0 amide bonds. The molecule has 0 spiro atoms. The van der Waals surface area contributed by atoms with Gasteiger partial charge in [-0.1, -0.05) is 11.6 Å². The summed E-state index contributed by atoms with van der Waals surface area (Å²) in [5.41, 5.74) is 9.51. The van der Waals surface area contributed by atoms with E-state index in [0.29, 0.717) is 23.9 Å². The molecule has 96 valence electrons. The van der Waals surface area contributed by atoms with Crippen molar-refractivity contribution in [3.05, 3.63) is 34.5 Å². The third kappa shape index (κ3) is 2.35. The molecule has 0 atom stereocenters. The van der Waals surface area contributed by atoms with Gasteiger partial charge in [0, 0.05) is 23.4 Å². The van der Waals surface area contributed by atoms with Gasteiger partial charge < -0.3 is 10.5 Å². The Kier molecular flexibility index (Phi) is 3.89. The lowest BCUT2D eigenvalue weighted by Crippen LogP contribution is -1.99. The number of H-pyrrole nitrogens is 1. The first-order chi connectivity index (χ1) is 8.67. The third-order valence-electron chi connectivity index (χ3n) is 2.78. The number of nitrogens with two attached hydrogens (primary N) is 1. The highest BCUT2D eigenvalue weighted by molar-refractivity contribution is 6.32. The Bertz CT molecular complexity index is 551. The van der Waals surface area contributed by atoms with Gasteiger partial charge in [0.2, 0.25) is 0 Å². The van der Waals surface area contributed by atoms with Gasteiger partial charge >= 0.3 is 0 Å². The maximum absolute atomic E-state index is 6.17. The first-order valence-corrected chi connectivity index (χ1v) is 6.21. The van der Waals surface area contributed by atoms with E-state index < -0.39 is 0 Å². The summed E-state index contributed by atoms with van der Waals surface area (Å²) in [5.74, 6) is 0.685. The summed E-state index contributed by atoms with van der Waals surface area (Å²) < 4.78 is 5.40. The Balaban J connectivity index is 2.42. The van der Waals surface area contributed by atoms with E-state index in [1.54, 1.807) is 0 Å². The van der Waals surface area contributed by atoms with Gasteiger partial charge in [0.05, 0.1) is 17.3 Å².